The fourth-order valence-electron chi connectivity index (χ4n) is 1.57. The summed E-state index contributed by atoms with van der Waals surface area (Å²) < 4.78 is 26.3. The van der Waals surface area contributed by atoms with Crippen molar-refractivity contribution < 1.29 is 8.42 Å². The van der Waals surface area contributed by atoms with E-state index in [1.807, 2.05) is 27.7 Å². The van der Waals surface area contributed by atoms with Crippen LogP contribution in [0.15, 0.2) is 11.2 Å². The van der Waals surface area contributed by atoms with E-state index in [0.717, 1.165) is 0 Å². The van der Waals surface area contributed by atoms with E-state index < -0.39 is 10.0 Å². The molecule has 1 atom stereocenters. The topological polar surface area (TPSA) is 92.1 Å². The van der Waals surface area contributed by atoms with Crippen molar-refractivity contribution in [2.24, 2.45) is 11.1 Å². The summed E-state index contributed by atoms with van der Waals surface area (Å²) >= 11 is 0. The Labute approximate surface area is 109 Å². The molecule has 1 aromatic rings. The second-order valence-electron chi connectivity index (χ2n) is 5.49. The smallest absolute Gasteiger partial charge is 0.260 e. The normalized spacial score (nSPS) is 15.1. The highest BCUT2D eigenvalue weighted by molar-refractivity contribution is 7.89. The van der Waals surface area contributed by atoms with Gasteiger partial charge >= 0.3 is 0 Å². The van der Waals surface area contributed by atoms with Crippen LogP contribution in [0.2, 0.25) is 0 Å². The van der Waals surface area contributed by atoms with E-state index in [9.17, 15) is 8.42 Å². The Balaban J connectivity index is 3.16. The van der Waals surface area contributed by atoms with Gasteiger partial charge in [-0.1, -0.05) is 20.8 Å². The molecule has 0 bridgehead atoms. The lowest BCUT2D eigenvalue weighted by Crippen LogP contribution is -2.43. The van der Waals surface area contributed by atoms with Gasteiger partial charge in [-0.2, -0.15) is 9.40 Å². The van der Waals surface area contributed by atoms with Crippen molar-refractivity contribution in [2.45, 2.75) is 45.3 Å². The van der Waals surface area contributed by atoms with E-state index >= 15 is 0 Å². The maximum absolute atomic E-state index is 12.5. The van der Waals surface area contributed by atoms with Gasteiger partial charge in [-0.15, -0.1) is 0 Å². The number of hydrogen-bond donors (Lipinski definition) is 2. The Hall–Kier alpha value is -0.920. The average Bonchev–Trinajstić information content (AvgIpc) is 2.74. The molecule has 0 amide bonds. The first-order valence-corrected chi connectivity index (χ1v) is 7.26. The quantitative estimate of drug-likeness (QED) is 0.854. The van der Waals surface area contributed by atoms with Crippen molar-refractivity contribution >= 4 is 10.0 Å². The van der Waals surface area contributed by atoms with Gasteiger partial charge in [0.25, 0.3) is 10.0 Å². The zero-order valence-electron chi connectivity index (χ0n) is 11.6. The fourth-order valence-corrected chi connectivity index (χ4v) is 3.22. The maximum atomic E-state index is 12.5. The number of nitrogens with two attached hydrogens (primary N) is 1. The molecule has 0 aliphatic rings. The van der Waals surface area contributed by atoms with Gasteiger partial charge in [-0.3, -0.25) is 5.10 Å². The van der Waals surface area contributed by atoms with E-state index in [4.69, 9.17) is 5.73 Å². The summed E-state index contributed by atoms with van der Waals surface area (Å²) in [6.07, 6.45) is 1.45. The van der Waals surface area contributed by atoms with Crippen molar-refractivity contribution in [1.82, 2.24) is 14.5 Å². The molecule has 0 saturated heterocycles. The van der Waals surface area contributed by atoms with Crippen LogP contribution < -0.4 is 5.73 Å². The minimum atomic E-state index is -3.59. The number of aromatic amines is 1. The second kappa shape index (κ2) is 4.99. The highest BCUT2D eigenvalue weighted by Crippen LogP contribution is 2.27. The van der Waals surface area contributed by atoms with Gasteiger partial charge < -0.3 is 5.73 Å². The largest absolute Gasteiger partial charge is 0.326 e. The van der Waals surface area contributed by atoms with Gasteiger partial charge in [0, 0.05) is 25.2 Å². The van der Waals surface area contributed by atoms with Crippen LogP contribution in [-0.4, -0.2) is 36.0 Å². The number of nitrogens with one attached hydrogen (secondary N) is 1. The van der Waals surface area contributed by atoms with Crippen LogP contribution in [0.1, 0.15) is 33.3 Å². The molecule has 0 fully saturated rings. The predicted octanol–water partition coefficient (Wildman–Crippen LogP) is 0.923. The molecule has 1 unspecified atom stereocenters. The van der Waals surface area contributed by atoms with E-state index in [0.29, 0.717) is 5.56 Å². The molecule has 0 spiro atoms. The minimum absolute atomic E-state index is 0.0867. The van der Waals surface area contributed by atoms with Gasteiger partial charge in [0.05, 0.1) is 6.20 Å². The van der Waals surface area contributed by atoms with Crippen LogP contribution in [0.3, 0.4) is 0 Å². The molecule has 18 heavy (non-hydrogen) atoms. The monoisotopic (exact) mass is 274 g/mol. The molecule has 7 heteroatoms. The maximum Gasteiger partial charge on any atom is 0.260 e. The summed E-state index contributed by atoms with van der Waals surface area (Å²) in [5, 5.41) is 6.36. The SMILES string of the molecule is CC(N(C)S(=O)(=O)c1[nH]ncc1CN)C(C)(C)C. The highest BCUT2D eigenvalue weighted by atomic mass is 32.2. The van der Waals surface area contributed by atoms with Gasteiger partial charge in [-0.05, 0) is 12.3 Å². The van der Waals surface area contributed by atoms with Crippen LogP contribution in [-0.2, 0) is 16.6 Å². The number of aromatic nitrogens is 2. The Morgan fingerprint density at radius 1 is 1.50 bits per heavy atom. The van der Waals surface area contributed by atoms with Gasteiger partial charge in [0.2, 0.25) is 0 Å². The van der Waals surface area contributed by atoms with Crippen molar-refractivity contribution in [3.8, 4) is 0 Å². The zero-order valence-corrected chi connectivity index (χ0v) is 12.4. The van der Waals surface area contributed by atoms with Crippen LogP contribution in [0.25, 0.3) is 0 Å². The number of nitrogens with zero attached hydrogens (tertiary/aromatic N) is 2. The summed E-state index contributed by atoms with van der Waals surface area (Å²) in [6.45, 7) is 8.03. The first kappa shape index (κ1) is 15.1. The molecule has 0 aliphatic carbocycles. The molecule has 1 heterocycles. The lowest BCUT2D eigenvalue weighted by atomic mass is 9.88. The van der Waals surface area contributed by atoms with E-state index in [1.54, 1.807) is 7.05 Å². The van der Waals surface area contributed by atoms with Crippen molar-refractivity contribution in [3.05, 3.63) is 11.8 Å². The predicted molar refractivity (Wildman–Crippen MR) is 70.3 cm³/mol. The third kappa shape index (κ3) is 2.73. The molecular weight excluding hydrogens is 252 g/mol. The standard InChI is InChI=1S/C11H22N4O2S/c1-8(11(2,3)4)15(5)18(16,17)10-9(6-12)7-13-14-10/h7-8H,6,12H2,1-5H3,(H,13,14). The summed E-state index contributed by atoms with van der Waals surface area (Å²) in [7, 11) is -2.01. The van der Waals surface area contributed by atoms with E-state index in [-0.39, 0.29) is 23.0 Å². The average molecular weight is 274 g/mol. The first-order valence-electron chi connectivity index (χ1n) is 5.82. The first-order chi connectivity index (χ1) is 8.12. The molecule has 1 aromatic heterocycles. The number of sulfonamides is 1. The summed E-state index contributed by atoms with van der Waals surface area (Å²) in [4.78, 5) is 0. The highest BCUT2D eigenvalue weighted by Gasteiger charge is 2.34. The van der Waals surface area contributed by atoms with Crippen LogP contribution in [0, 0.1) is 5.41 Å². The molecule has 3 N–H and O–H groups in total. The van der Waals surface area contributed by atoms with Crippen LogP contribution >= 0.6 is 0 Å². The Kier molecular flexibility index (Phi) is 4.19. The third-order valence-electron chi connectivity index (χ3n) is 3.33. The van der Waals surface area contributed by atoms with E-state index in [1.165, 1.54) is 10.5 Å². The summed E-state index contributed by atoms with van der Waals surface area (Å²) in [6, 6.07) is -0.142. The lowest BCUT2D eigenvalue weighted by molar-refractivity contribution is 0.216. The number of H-pyrrole nitrogens is 1. The number of hydrogen-bond acceptors (Lipinski definition) is 4. The molecule has 0 aromatic carbocycles. The zero-order chi connectivity index (χ0) is 14.1. The summed E-state index contributed by atoms with van der Waals surface area (Å²) in [5.41, 5.74) is 5.87. The molecule has 1 rings (SSSR count). The van der Waals surface area contributed by atoms with Crippen molar-refractivity contribution in [1.29, 1.82) is 0 Å². The molecule has 6 nitrogen and oxygen atoms in total. The second-order valence-corrected chi connectivity index (χ2v) is 7.43. The molecule has 0 aliphatic heterocycles. The van der Waals surface area contributed by atoms with E-state index in [2.05, 4.69) is 10.2 Å². The third-order valence-corrected chi connectivity index (χ3v) is 5.28. The lowest BCUT2D eigenvalue weighted by Gasteiger charge is -2.34. The minimum Gasteiger partial charge on any atom is -0.326 e. The van der Waals surface area contributed by atoms with Crippen LogP contribution in [0.5, 0.6) is 0 Å². The molecule has 104 valence electrons. The fraction of sp³-hybridized carbons (Fsp3) is 0.727. The van der Waals surface area contributed by atoms with Gasteiger partial charge in [0.1, 0.15) is 0 Å². The Morgan fingerprint density at radius 3 is 2.50 bits per heavy atom. The molecular formula is C11H22N4O2S. The molecule has 0 saturated carbocycles. The molecule has 0 radical (unpaired) electrons. The Bertz CT molecular complexity index is 501. The van der Waals surface area contributed by atoms with Gasteiger partial charge in [0.15, 0.2) is 5.03 Å². The van der Waals surface area contributed by atoms with Gasteiger partial charge in [-0.25, -0.2) is 8.42 Å². The number of rotatable bonds is 4. The van der Waals surface area contributed by atoms with Crippen LogP contribution in [0.4, 0.5) is 0 Å². The summed E-state index contributed by atoms with van der Waals surface area (Å²) in [5.74, 6) is 0. The van der Waals surface area contributed by atoms with Crippen molar-refractivity contribution in [2.75, 3.05) is 7.05 Å². The Morgan fingerprint density at radius 2 is 2.06 bits per heavy atom. The van der Waals surface area contributed by atoms with Crippen molar-refractivity contribution in [3.63, 3.8) is 0 Å².